The first-order chi connectivity index (χ1) is 12.2. The van der Waals surface area contributed by atoms with Crippen molar-refractivity contribution < 1.29 is 13.2 Å². The van der Waals surface area contributed by atoms with Gasteiger partial charge < -0.3 is 15.5 Å². The third-order valence-electron chi connectivity index (χ3n) is 4.56. The van der Waals surface area contributed by atoms with E-state index in [0.717, 1.165) is 5.56 Å². The first kappa shape index (κ1) is 23.7. The predicted octanol–water partition coefficient (Wildman–Crippen LogP) is 1.64. The summed E-state index contributed by atoms with van der Waals surface area (Å²) in [6.07, 6.45) is 0. The molecule has 0 bridgehead atoms. The SMILES string of the molecule is CCNC(=O)c1ccc(CNC(=NC)N2CCS(=O)(=O)C(C)(C)C2)cc1.I. The van der Waals surface area contributed by atoms with Gasteiger partial charge in [-0.05, 0) is 38.5 Å². The average Bonchev–Trinajstić information content (AvgIpc) is 2.59. The number of nitrogens with one attached hydrogen (secondary N) is 2. The van der Waals surface area contributed by atoms with Gasteiger partial charge in [-0.15, -0.1) is 24.0 Å². The highest BCUT2D eigenvalue weighted by Gasteiger charge is 2.40. The number of hydrogen-bond acceptors (Lipinski definition) is 4. The smallest absolute Gasteiger partial charge is 0.251 e. The summed E-state index contributed by atoms with van der Waals surface area (Å²) in [5.41, 5.74) is 1.64. The Morgan fingerprint density at radius 3 is 2.37 bits per heavy atom. The van der Waals surface area contributed by atoms with Gasteiger partial charge in [-0.1, -0.05) is 12.1 Å². The van der Waals surface area contributed by atoms with Gasteiger partial charge in [0, 0.05) is 38.8 Å². The van der Waals surface area contributed by atoms with Crippen molar-refractivity contribution in [2.45, 2.75) is 32.1 Å². The maximum absolute atomic E-state index is 12.2. The van der Waals surface area contributed by atoms with E-state index in [2.05, 4.69) is 15.6 Å². The molecule has 0 saturated carbocycles. The molecule has 0 spiro atoms. The molecule has 1 heterocycles. The van der Waals surface area contributed by atoms with Gasteiger partial charge in [0.1, 0.15) is 0 Å². The van der Waals surface area contributed by atoms with Crippen LogP contribution in [0.15, 0.2) is 29.3 Å². The number of amides is 1. The van der Waals surface area contributed by atoms with Crippen LogP contribution in [-0.2, 0) is 16.4 Å². The van der Waals surface area contributed by atoms with E-state index in [1.165, 1.54) is 0 Å². The predicted molar refractivity (Wildman–Crippen MR) is 120 cm³/mol. The Labute approximate surface area is 178 Å². The summed E-state index contributed by atoms with van der Waals surface area (Å²) < 4.78 is 23.5. The number of hydrogen-bond donors (Lipinski definition) is 2. The molecule has 1 aromatic carbocycles. The number of carbonyl (C=O) groups excluding carboxylic acids is 1. The van der Waals surface area contributed by atoms with Crippen LogP contribution in [0.1, 0.15) is 36.7 Å². The fourth-order valence-electron chi connectivity index (χ4n) is 2.87. The van der Waals surface area contributed by atoms with E-state index in [4.69, 9.17) is 0 Å². The van der Waals surface area contributed by atoms with Crippen LogP contribution < -0.4 is 10.6 Å². The number of rotatable bonds is 4. The largest absolute Gasteiger partial charge is 0.352 e. The van der Waals surface area contributed by atoms with Crippen LogP contribution in [0.3, 0.4) is 0 Å². The molecule has 0 unspecified atom stereocenters. The molecule has 27 heavy (non-hydrogen) atoms. The molecule has 1 aliphatic rings. The Balaban J connectivity index is 0.00000364. The summed E-state index contributed by atoms with van der Waals surface area (Å²) >= 11 is 0. The van der Waals surface area contributed by atoms with E-state index >= 15 is 0 Å². The van der Waals surface area contributed by atoms with Crippen molar-refractivity contribution in [1.82, 2.24) is 15.5 Å². The van der Waals surface area contributed by atoms with Crippen molar-refractivity contribution >= 4 is 45.7 Å². The number of halogens is 1. The van der Waals surface area contributed by atoms with Gasteiger partial charge in [0.15, 0.2) is 15.8 Å². The number of nitrogens with zero attached hydrogens (tertiary/aromatic N) is 2. The summed E-state index contributed by atoms with van der Waals surface area (Å²) in [5, 5.41) is 6.04. The monoisotopic (exact) mass is 508 g/mol. The molecule has 1 aromatic rings. The number of guanidine groups is 1. The van der Waals surface area contributed by atoms with Gasteiger partial charge in [-0.2, -0.15) is 0 Å². The van der Waals surface area contributed by atoms with Gasteiger partial charge in [0.2, 0.25) is 0 Å². The molecule has 0 aromatic heterocycles. The second kappa shape index (κ2) is 9.72. The van der Waals surface area contributed by atoms with Crippen molar-refractivity contribution in [3.8, 4) is 0 Å². The summed E-state index contributed by atoms with van der Waals surface area (Å²) in [4.78, 5) is 18.0. The highest BCUT2D eigenvalue weighted by molar-refractivity contribution is 14.0. The van der Waals surface area contributed by atoms with Crippen LogP contribution in [0.5, 0.6) is 0 Å². The molecule has 9 heteroatoms. The van der Waals surface area contributed by atoms with Crippen molar-refractivity contribution in [3.63, 3.8) is 0 Å². The Kier molecular flexibility index (Phi) is 8.52. The van der Waals surface area contributed by atoms with Crippen LogP contribution in [0.2, 0.25) is 0 Å². The molecule has 0 radical (unpaired) electrons. The molecule has 1 saturated heterocycles. The molecular weight excluding hydrogens is 479 g/mol. The fraction of sp³-hybridized carbons (Fsp3) is 0.556. The van der Waals surface area contributed by atoms with E-state index in [1.807, 2.05) is 24.0 Å². The molecule has 152 valence electrons. The summed E-state index contributed by atoms with van der Waals surface area (Å²) in [6.45, 7) is 7.37. The maximum atomic E-state index is 12.2. The Morgan fingerprint density at radius 2 is 1.85 bits per heavy atom. The van der Waals surface area contributed by atoms with Crippen molar-refractivity contribution in [3.05, 3.63) is 35.4 Å². The van der Waals surface area contributed by atoms with E-state index < -0.39 is 14.6 Å². The van der Waals surface area contributed by atoms with E-state index in [-0.39, 0.29) is 35.6 Å². The zero-order valence-electron chi connectivity index (χ0n) is 16.3. The third-order valence-corrected chi connectivity index (χ3v) is 7.09. The van der Waals surface area contributed by atoms with Gasteiger partial charge in [-0.25, -0.2) is 8.42 Å². The van der Waals surface area contributed by atoms with E-state index in [9.17, 15) is 13.2 Å². The highest BCUT2D eigenvalue weighted by Crippen LogP contribution is 2.23. The summed E-state index contributed by atoms with van der Waals surface area (Å²) in [7, 11) is -1.39. The van der Waals surface area contributed by atoms with Crippen molar-refractivity contribution in [2.24, 2.45) is 4.99 Å². The molecule has 1 amide bonds. The second-order valence-corrected chi connectivity index (χ2v) is 9.70. The van der Waals surface area contributed by atoms with Gasteiger partial charge in [-0.3, -0.25) is 9.79 Å². The average molecular weight is 508 g/mol. The third kappa shape index (κ3) is 5.81. The minimum absolute atomic E-state index is 0. The highest BCUT2D eigenvalue weighted by atomic mass is 127. The topological polar surface area (TPSA) is 90.9 Å². The van der Waals surface area contributed by atoms with Crippen LogP contribution >= 0.6 is 24.0 Å². The van der Waals surface area contributed by atoms with Gasteiger partial charge in [0.25, 0.3) is 5.91 Å². The number of aliphatic imine (C=N–C) groups is 1. The molecule has 7 nitrogen and oxygen atoms in total. The zero-order valence-corrected chi connectivity index (χ0v) is 19.4. The van der Waals surface area contributed by atoms with Gasteiger partial charge in [0.05, 0.1) is 10.5 Å². The Bertz CT molecular complexity index is 776. The first-order valence-corrected chi connectivity index (χ1v) is 10.4. The molecular formula is C18H29IN4O3S. The lowest BCUT2D eigenvalue weighted by Gasteiger charge is -2.39. The standard InChI is InChI=1S/C18H28N4O3S.HI/c1-5-20-16(23)15-8-6-14(7-9-15)12-21-17(19-4)22-10-11-26(24,25)18(2,3)13-22;/h6-9H,5,10-13H2,1-4H3,(H,19,21)(H,20,23);1H. The van der Waals surface area contributed by atoms with E-state index in [0.29, 0.717) is 37.7 Å². The summed E-state index contributed by atoms with van der Waals surface area (Å²) in [6, 6.07) is 7.38. The lowest BCUT2D eigenvalue weighted by molar-refractivity contribution is 0.0956. The van der Waals surface area contributed by atoms with Crippen LogP contribution in [0, 0.1) is 0 Å². The van der Waals surface area contributed by atoms with Crippen LogP contribution in [-0.4, -0.2) is 62.4 Å². The molecule has 0 aliphatic carbocycles. The minimum Gasteiger partial charge on any atom is -0.352 e. The normalized spacial score (nSPS) is 18.4. The quantitative estimate of drug-likeness (QED) is 0.367. The molecule has 1 aliphatic heterocycles. The number of benzene rings is 1. The fourth-order valence-corrected chi connectivity index (χ4v) is 4.24. The van der Waals surface area contributed by atoms with Crippen molar-refractivity contribution in [1.29, 1.82) is 0 Å². The lowest BCUT2D eigenvalue weighted by atomic mass is 10.1. The van der Waals surface area contributed by atoms with Crippen LogP contribution in [0.25, 0.3) is 0 Å². The summed E-state index contributed by atoms with van der Waals surface area (Å²) in [5.74, 6) is 0.724. The number of sulfone groups is 1. The number of carbonyl (C=O) groups is 1. The Hall–Kier alpha value is -1.36. The second-order valence-electron chi connectivity index (χ2n) is 6.96. The van der Waals surface area contributed by atoms with Crippen LogP contribution in [0.4, 0.5) is 0 Å². The Morgan fingerprint density at radius 1 is 1.22 bits per heavy atom. The molecule has 2 N–H and O–H groups in total. The molecule has 0 atom stereocenters. The molecule has 2 rings (SSSR count). The van der Waals surface area contributed by atoms with Gasteiger partial charge >= 0.3 is 0 Å². The van der Waals surface area contributed by atoms with Crippen molar-refractivity contribution in [2.75, 3.05) is 32.4 Å². The molecule has 1 fully saturated rings. The lowest BCUT2D eigenvalue weighted by Crippen LogP contribution is -2.57. The van der Waals surface area contributed by atoms with E-state index in [1.54, 1.807) is 33.0 Å². The zero-order chi connectivity index (χ0) is 19.4. The maximum Gasteiger partial charge on any atom is 0.251 e. The first-order valence-electron chi connectivity index (χ1n) is 8.75. The minimum atomic E-state index is -3.08.